The van der Waals surface area contributed by atoms with Gasteiger partial charge in [0, 0.05) is 12.7 Å². The third-order valence-electron chi connectivity index (χ3n) is 3.54. The first-order chi connectivity index (χ1) is 7.38. The van der Waals surface area contributed by atoms with Crippen molar-refractivity contribution in [1.82, 2.24) is 14.9 Å². The molecule has 4 nitrogen and oxygen atoms in total. The highest BCUT2D eigenvalue weighted by Gasteiger charge is 2.42. The van der Waals surface area contributed by atoms with Crippen LogP contribution in [0.15, 0.2) is 12.5 Å². The average Bonchev–Trinajstić information content (AvgIpc) is 2.91. The lowest BCUT2D eigenvalue weighted by atomic mass is 9.95. The summed E-state index contributed by atoms with van der Waals surface area (Å²) in [7, 11) is 1.97. The molecule has 0 saturated carbocycles. The van der Waals surface area contributed by atoms with Crippen LogP contribution in [0.1, 0.15) is 31.0 Å². The standard InChI is InChI=1S/C11H17N3O/c1-12-5-8-6-13-7-14(8)10-4-9-2-3-11(10)15-9/h6-7,9-12H,2-5H2,1H3. The van der Waals surface area contributed by atoms with Gasteiger partial charge >= 0.3 is 0 Å². The van der Waals surface area contributed by atoms with Crippen molar-refractivity contribution < 1.29 is 4.74 Å². The first-order valence-electron chi connectivity index (χ1n) is 5.69. The quantitative estimate of drug-likeness (QED) is 0.806. The van der Waals surface area contributed by atoms with E-state index in [0.29, 0.717) is 18.2 Å². The van der Waals surface area contributed by atoms with Crippen molar-refractivity contribution in [3.05, 3.63) is 18.2 Å². The molecule has 2 aliphatic heterocycles. The Hall–Kier alpha value is -0.870. The predicted octanol–water partition coefficient (Wildman–Crippen LogP) is 1.09. The van der Waals surface area contributed by atoms with Gasteiger partial charge in [-0.15, -0.1) is 0 Å². The van der Waals surface area contributed by atoms with E-state index in [1.807, 2.05) is 19.6 Å². The number of ether oxygens (including phenoxy) is 1. The van der Waals surface area contributed by atoms with Crippen molar-refractivity contribution in [1.29, 1.82) is 0 Å². The third kappa shape index (κ3) is 1.48. The number of imidazole rings is 1. The highest BCUT2D eigenvalue weighted by molar-refractivity contribution is 5.04. The first kappa shape index (κ1) is 9.36. The van der Waals surface area contributed by atoms with E-state index in [-0.39, 0.29) is 0 Å². The van der Waals surface area contributed by atoms with E-state index in [2.05, 4.69) is 14.9 Å². The van der Waals surface area contributed by atoms with E-state index in [0.717, 1.165) is 13.0 Å². The van der Waals surface area contributed by atoms with Gasteiger partial charge in [-0.25, -0.2) is 4.98 Å². The van der Waals surface area contributed by atoms with E-state index in [9.17, 15) is 0 Å². The Bertz CT molecular complexity index is 349. The van der Waals surface area contributed by atoms with Crippen LogP contribution in [-0.2, 0) is 11.3 Å². The second-order valence-electron chi connectivity index (χ2n) is 4.50. The molecule has 1 N–H and O–H groups in total. The van der Waals surface area contributed by atoms with Gasteiger partial charge in [0.2, 0.25) is 0 Å². The van der Waals surface area contributed by atoms with E-state index in [1.54, 1.807) is 0 Å². The fourth-order valence-electron chi connectivity index (χ4n) is 2.85. The SMILES string of the molecule is CNCc1cncn1C1CC2CCC1O2. The maximum atomic E-state index is 5.87. The summed E-state index contributed by atoms with van der Waals surface area (Å²) in [4.78, 5) is 4.24. The molecule has 3 unspecified atom stereocenters. The number of aromatic nitrogens is 2. The molecular formula is C11H17N3O. The van der Waals surface area contributed by atoms with Gasteiger partial charge in [0.25, 0.3) is 0 Å². The Labute approximate surface area is 89.6 Å². The smallest absolute Gasteiger partial charge is 0.0952 e. The maximum absolute atomic E-state index is 5.87. The molecule has 0 radical (unpaired) electrons. The summed E-state index contributed by atoms with van der Waals surface area (Å²) in [6.45, 7) is 0.883. The molecule has 2 fully saturated rings. The van der Waals surface area contributed by atoms with Crippen LogP contribution in [0.5, 0.6) is 0 Å². The zero-order chi connectivity index (χ0) is 10.3. The molecule has 3 heterocycles. The highest BCUT2D eigenvalue weighted by atomic mass is 16.5. The molecule has 4 heteroatoms. The highest BCUT2D eigenvalue weighted by Crippen LogP contribution is 2.41. The first-order valence-corrected chi connectivity index (χ1v) is 5.69. The molecule has 2 saturated heterocycles. The normalized spacial score (nSPS) is 33.8. The van der Waals surface area contributed by atoms with Crippen LogP contribution in [0.4, 0.5) is 0 Å². The lowest BCUT2D eigenvalue weighted by Gasteiger charge is -2.22. The molecule has 3 rings (SSSR count). The molecule has 0 aromatic carbocycles. The topological polar surface area (TPSA) is 39.1 Å². The molecule has 1 aromatic heterocycles. The molecule has 0 aliphatic carbocycles. The number of nitrogens with zero attached hydrogens (tertiary/aromatic N) is 2. The van der Waals surface area contributed by atoms with Crippen LogP contribution in [0.3, 0.4) is 0 Å². The van der Waals surface area contributed by atoms with E-state index >= 15 is 0 Å². The Balaban J connectivity index is 1.83. The van der Waals surface area contributed by atoms with Crippen LogP contribution >= 0.6 is 0 Å². The van der Waals surface area contributed by atoms with Crippen molar-refractivity contribution >= 4 is 0 Å². The monoisotopic (exact) mass is 207 g/mol. The minimum Gasteiger partial charge on any atom is -0.373 e. The van der Waals surface area contributed by atoms with Gasteiger partial charge < -0.3 is 14.6 Å². The van der Waals surface area contributed by atoms with Gasteiger partial charge in [-0.05, 0) is 26.3 Å². The molecule has 3 atom stereocenters. The van der Waals surface area contributed by atoms with Gasteiger partial charge in [-0.2, -0.15) is 0 Å². The fraction of sp³-hybridized carbons (Fsp3) is 0.727. The van der Waals surface area contributed by atoms with Crippen LogP contribution < -0.4 is 5.32 Å². The summed E-state index contributed by atoms with van der Waals surface area (Å²) in [6.07, 6.45) is 8.45. The summed E-state index contributed by atoms with van der Waals surface area (Å²) in [5, 5.41) is 3.18. The summed E-state index contributed by atoms with van der Waals surface area (Å²) < 4.78 is 8.16. The van der Waals surface area contributed by atoms with E-state index in [4.69, 9.17) is 4.74 Å². The molecule has 15 heavy (non-hydrogen) atoms. The number of rotatable bonds is 3. The van der Waals surface area contributed by atoms with Crippen molar-refractivity contribution in [2.24, 2.45) is 0 Å². The van der Waals surface area contributed by atoms with Gasteiger partial charge in [0.1, 0.15) is 0 Å². The Morgan fingerprint density at radius 2 is 2.53 bits per heavy atom. The number of nitrogens with one attached hydrogen (secondary N) is 1. The molecule has 0 amide bonds. The van der Waals surface area contributed by atoms with Crippen LogP contribution in [0, 0.1) is 0 Å². The number of fused-ring (bicyclic) bond motifs is 2. The van der Waals surface area contributed by atoms with Gasteiger partial charge in [-0.3, -0.25) is 0 Å². The summed E-state index contributed by atoms with van der Waals surface area (Å²) >= 11 is 0. The minimum absolute atomic E-state index is 0.430. The molecule has 0 spiro atoms. The Morgan fingerprint density at radius 1 is 1.60 bits per heavy atom. The van der Waals surface area contributed by atoms with Gasteiger partial charge in [0.15, 0.2) is 0 Å². The van der Waals surface area contributed by atoms with Gasteiger partial charge in [0.05, 0.1) is 30.3 Å². The van der Waals surface area contributed by atoms with Crippen molar-refractivity contribution in [3.8, 4) is 0 Å². The summed E-state index contributed by atoms with van der Waals surface area (Å²) in [5.74, 6) is 0. The molecule has 82 valence electrons. The van der Waals surface area contributed by atoms with Crippen LogP contribution in [-0.4, -0.2) is 28.8 Å². The van der Waals surface area contributed by atoms with Crippen LogP contribution in [0.2, 0.25) is 0 Å². The minimum atomic E-state index is 0.430. The molecule has 2 bridgehead atoms. The summed E-state index contributed by atoms with van der Waals surface area (Å²) in [5.41, 5.74) is 1.26. The number of hydrogen-bond donors (Lipinski definition) is 1. The zero-order valence-corrected chi connectivity index (χ0v) is 9.02. The molecule has 1 aromatic rings. The average molecular weight is 207 g/mol. The van der Waals surface area contributed by atoms with Crippen molar-refractivity contribution in [3.63, 3.8) is 0 Å². The van der Waals surface area contributed by atoms with Crippen molar-refractivity contribution in [2.75, 3.05) is 7.05 Å². The maximum Gasteiger partial charge on any atom is 0.0952 e. The van der Waals surface area contributed by atoms with Crippen LogP contribution in [0.25, 0.3) is 0 Å². The largest absolute Gasteiger partial charge is 0.373 e. The fourth-order valence-corrected chi connectivity index (χ4v) is 2.85. The molecule has 2 aliphatic rings. The second-order valence-corrected chi connectivity index (χ2v) is 4.50. The molecular weight excluding hydrogens is 190 g/mol. The lowest BCUT2D eigenvalue weighted by Crippen LogP contribution is -2.23. The second kappa shape index (κ2) is 3.61. The zero-order valence-electron chi connectivity index (χ0n) is 9.02. The van der Waals surface area contributed by atoms with Crippen molar-refractivity contribution in [2.45, 2.75) is 44.1 Å². The Morgan fingerprint density at radius 3 is 3.20 bits per heavy atom. The number of hydrogen-bond acceptors (Lipinski definition) is 3. The lowest BCUT2D eigenvalue weighted by molar-refractivity contribution is 0.0934. The van der Waals surface area contributed by atoms with E-state index < -0.39 is 0 Å². The Kier molecular flexibility index (Phi) is 2.25. The third-order valence-corrected chi connectivity index (χ3v) is 3.54. The van der Waals surface area contributed by atoms with Gasteiger partial charge in [-0.1, -0.05) is 0 Å². The van der Waals surface area contributed by atoms with E-state index in [1.165, 1.54) is 18.5 Å². The summed E-state index contributed by atoms with van der Waals surface area (Å²) in [6, 6.07) is 0.523. The predicted molar refractivity (Wildman–Crippen MR) is 56.5 cm³/mol.